The number of nitrogens with zero attached hydrogens (tertiary/aromatic N) is 2. The number of carbonyl (C=O) groups excluding carboxylic acids is 1. The molecule has 2 N–H and O–H groups in total. The number of nitrogens with one attached hydrogen (secondary N) is 1. The van der Waals surface area contributed by atoms with Gasteiger partial charge in [0.05, 0.1) is 18.0 Å². The van der Waals surface area contributed by atoms with Gasteiger partial charge < -0.3 is 15.2 Å². The summed E-state index contributed by atoms with van der Waals surface area (Å²) in [6, 6.07) is 15.2. The number of aliphatic carboxylic acids is 1. The predicted octanol–water partition coefficient (Wildman–Crippen LogP) is 5.27. The number of halogens is 2. The molecule has 1 saturated heterocycles. The van der Waals surface area contributed by atoms with Crippen LogP contribution in [0.25, 0.3) is 10.9 Å². The van der Waals surface area contributed by atoms with Gasteiger partial charge in [-0.25, -0.2) is 8.78 Å². The van der Waals surface area contributed by atoms with Crippen molar-refractivity contribution < 1.29 is 28.2 Å². The van der Waals surface area contributed by atoms with E-state index in [4.69, 9.17) is 4.74 Å². The quantitative estimate of drug-likeness (QED) is 0.469. The highest BCUT2D eigenvalue weighted by molar-refractivity contribution is 5.98. The SMILES string of the molecule is Cc1cc(COc2ccc(NC(=O)[C@@H]3[C@@H](C(=O)O)CC(F)(F)CN3C(C)(C)C)cc2)c2ccccc2n1. The summed E-state index contributed by atoms with van der Waals surface area (Å²) in [6.07, 6.45) is -0.886. The number of ether oxygens (including phenoxy) is 1. The first-order valence-electron chi connectivity index (χ1n) is 12.1. The molecule has 0 radical (unpaired) electrons. The van der Waals surface area contributed by atoms with Crippen molar-refractivity contribution in [1.82, 2.24) is 9.88 Å². The minimum Gasteiger partial charge on any atom is -0.489 e. The molecule has 9 heteroatoms. The number of hydrogen-bond donors (Lipinski definition) is 2. The van der Waals surface area contributed by atoms with E-state index in [1.165, 1.54) is 4.90 Å². The predicted molar refractivity (Wildman–Crippen MR) is 137 cm³/mol. The Bertz CT molecular complexity index is 1310. The molecular formula is C28H31F2N3O4. The van der Waals surface area contributed by atoms with Gasteiger partial charge in [0.25, 0.3) is 5.92 Å². The molecule has 0 spiro atoms. The molecule has 4 rings (SSSR count). The van der Waals surface area contributed by atoms with Crippen LogP contribution in [-0.2, 0) is 16.2 Å². The number of piperidine rings is 1. The molecule has 0 unspecified atom stereocenters. The smallest absolute Gasteiger partial charge is 0.308 e. The van der Waals surface area contributed by atoms with Crippen LogP contribution in [0.5, 0.6) is 5.75 Å². The average molecular weight is 512 g/mol. The number of benzene rings is 2. The van der Waals surface area contributed by atoms with Crippen molar-refractivity contribution in [2.45, 2.75) is 58.2 Å². The molecule has 0 bridgehead atoms. The van der Waals surface area contributed by atoms with Crippen molar-refractivity contribution in [3.05, 3.63) is 65.9 Å². The number of hydrogen-bond acceptors (Lipinski definition) is 5. The number of pyridine rings is 1. The van der Waals surface area contributed by atoms with Crippen molar-refractivity contribution in [1.29, 1.82) is 0 Å². The van der Waals surface area contributed by atoms with Crippen molar-refractivity contribution in [3.8, 4) is 5.75 Å². The third kappa shape index (κ3) is 6.05. The number of carboxylic acids is 1. The van der Waals surface area contributed by atoms with Crippen LogP contribution in [0.1, 0.15) is 38.4 Å². The van der Waals surface area contributed by atoms with Crippen LogP contribution in [0.15, 0.2) is 54.6 Å². The van der Waals surface area contributed by atoms with Crippen molar-refractivity contribution in [2.75, 3.05) is 11.9 Å². The second kappa shape index (κ2) is 10.0. The Morgan fingerprint density at radius 3 is 2.49 bits per heavy atom. The van der Waals surface area contributed by atoms with E-state index in [0.29, 0.717) is 18.0 Å². The van der Waals surface area contributed by atoms with E-state index in [1.807, 2.05) is 37.3 Å². The third-order valence-electron chi connectivity index (χ3n) is 6.53. The molecular weight excluding hydrogens is 480 g/mol. The van der Waals surface area contributed by atoms with E-state index in [2.05, 4.69) is 10.3 Å². The lowest BCUT2D eigenvalue weighted by atomic mass is 9.83. The fraction of sp³-hybridized carbons (Fsp3) is 0.393. The zero-order valence-electron chi connectivity index (χ0n) is 21.3. The highest BCUT2D eigenvalue weighted by Crippen LogP contribution is 2.38. The minimum absolute atomic E-state index is 0.326. The molecule has 2 heterocycles. The Labute approximate surface area is 214 Å². The standard InChI is InChI=1S/C28H31F2N3O4/c1-17-13-18(21-7-5-6-8-23(21)31-17)15-37-20-11-9-19(10-12-20)32-25(34)24-22(26(35)36)14-28(29,30)16-33(24)27(2,3)4/h5-13,22,24H,14-16H2,1-4H3,(H,32,34)(H,35,36)/t22-,24-/m0/s1. The molecule has 1 amide bonds. The van der Waals surface area contributed by atoms with Gasteiger partial charge in [0.15, 0.2) is 0 Å². The van der Waals surface area contributed by atoms with E-state index in [9.17, 15) is 23.5 Å². The number of amides is 1. The Morgan fingerprint density at radius 1 is 1.16 bits per heavy atom. The van der Waals surface area contributed by atoms with Gasteiger partial charge in [-0.2, -0.15) is 0 Å². The first kappa shape index (κ1) is 26.5. The van der Waals surface area contributed by atoms with Gasteiger partial charge in [-0.3, -0.25) is 19.5 Å². The van der Waals surface area contributed by atoms with Gasteiger partial charge in [0.2, 0.25) is 5.91 Å². The first-order valence-corrected chi connectivity index (χ1v) is 12.1. The lowest BCUT2D eigenvalue weighted by molar-refractivity contribution is -0.171. The molecule has 3 aromatic rings. The normalized spacial score (nSPS) is 19.9. The largest absolute Gasteiger partial charge is 0.489 e. The van der Waals surface area contributed by atoms with Crippen LogP contribution in [0.3, 0.4) is 0 Å². The maximum absolute atomic E-state index is 14.4. The molecule has 37 heavy (non-hydrogen) atoms. The summed E-state index contributed by atoms with van der Waals surface area (Å²) in [5.41, 5.74) is 2.35. The molecule has 1 aliphatic rings. The van der Waals surface area contributed by atoms with Gasteiger partial charge in [-0.05, 0) is 64.1 Å². The monoisotopic (exact) mass is 511 g/mol. The van der Waals surface area contributed by atoms with E-state index in [-0.39, 0.29) is 0 Å². The number of anilines is 1. The second-order valence-corrected chi connectivity index (χ2v) is 10.5. The summed E-state index contributed by atoms with van der Waals surface area (Å²) < 4.78 is 34.7. The van der Waals surface area contributed by atoms with Crippen LogP contribution in [0, 0.1) is 12.8 Å². The molecule has 0 aliphatic carbocycles. The lowest BCUT2D eigenvalue weighted by Gasteiger charge is -2.48. The molecule has 7 nitrogen and oxygen atoms in total. The summed E-state index contributed by atoms with van der Waals surface area (Å²) >= 11 is 0. The molecule has 1 fully saturated rings. The first-order chi connectivity index (χ1) is 17.3. The number of para-hydroxylation sites is 1. The topological polar surface area (TPSA) is 91.8 Å². The van der Waals surface area contributed by atoms with E-state index >= 15 is 0 Å². The van der Waals surface area contributed by atoms with Crippen molar-refractivity contribution in [2.24, 2.45) is 5.92 Å². The van der Waals surface area contributed by atoms with Gasteiger partial charge in [-0.15, -0.1) is 0 Å². The van der Waals surface area contributed by atoms with Gasteiger partial charge in [0.1, 0.15) is 18.4 Å². The number of rotatable bonds is 6. The van der Waals surface area contributed by atoms with Crippen molar-refractivity contribution in [3.63, 3.8) is 0 Å². The van der Waals surface area contributed by atoms with E-state index < -0.39 is 48.3 Å². The lowest BCUT2D eigenvalue weighted by Crippen LogP contribution is -2.64. The Morgan fingerprint density at radius 2 is 1.84 bits per heavy atom. The fourth-order valence-corrected chi connectivity index (χ4v) is 4.79. The van der Waals surface area contributed by atoms with Crippen LogP contribution < -0.4 is 10.1 Å². The summed E-state index contributed by atoms with van der Waals surface area (Å²) in [4.78, 5) is 30.9. The second-order valence-electron chi connectivity index (χ2n) is 10.5. The molecule has 1 aromatic heterocycles. The number of fused-ring (bicyclic) bond motifs is 1. The average Bonchev–Trinajstić information content (AvgIpc) is 2.81. The number of alkyl halides is 2. The van der Waals surface area contributed by atoms with Gasteiger partial charge >= 0.3 is 5.97 Å². The molecule has 196 valence electrons. The Kier molecular flexibility index (Phi) is 7.19. The molecule has 2 atom stereocenters. The maximum atomic E-state index is 14.4. The number of aromatic nitrogens is 1. The highest BCUT2D eigenvalue weighted by Gasteiger charge is 2.54. The number of carboxylic acid groups (broad SMARTS) is 1. The number of aryl methyl sites for hydroxylation is 1. The number of carbonyl (C=O) groups is 2. The van der Waals surface area contributed by atoms with Crippen molar-refractivity contribution >= 4 is 28.5 Å². The highest BCUT2D eigenvalue weighted by atomic mass is 19.3. The van der Waals surface area contributed by atoms with Gasteiger partial charge in [0, 0.05) is 34.3 Å². The van der Waals surface area contributed by atoms with Crippen LogP contribution in [0.4, 0.5) is 14.5 Å². The Hall–Kier alpha value is -3.59. The summed E-state index contributed by atoms with van der Waals surface area (Å²) in [5.74, 6) is -6.22. The third-order valence-corrected chi connectivity index (χ3v) is 6.53. The molecule has 2 aromatic carbocycles. The van der Waals surface area contributed by atoms with Crippen LogP contribution in [-0.4, -0.2) is 50.9 Å². The summed E-state index contributed by atoms with van der Waals surface area (Å²) in [7, 11) is 0. The van der Waals surface area contributed by atoms with Gasteiger partial charge in [-0.1, -0.05) is 18.2 Å². The van der Waals surface area contributed by atoms with E-state index in [1.54, 1.807) is 45.0 Å². The maximum Gasteiger partial charge on any atom is 0.308 e. The Balaban J connectivity index is 1.48. The summed E-state index contributed by atoms with van der Waals surface area (Å²) in [6.45, 7) is 6.63. The minimum atomic E-state index is -3.20. The van der Waals surface area contributed by atoms with Crippen LogP contribution >= 0.6 is 0 Å². The molecule has 0 saturated carbocycles. The fourth-order valence-electron chi connectivity index (χ4n) is 4.79. The summed E-state index contributed by atoms with van der Waals surface area (Å²) in [5, 5.41) is 13.4. The van der Waals surface area contributed by atoms with Crippen LogP contribution in [0.2, 0.25) is 0 Å². The van der Waals surface area contributed by atoms with E-state index in [0.717, 1.165) is 22.2 Å². The molecule has 1 aliphatic heterocycles. The zero-order valence-corrected chi connectivity index (χ0v) is 21.3. The number of likely N-dealkylation sites (tertiary alicyclic amines) is 1. The zero-order chi connectivity index (χ0) is 27.0.